The highest BCUT2D eigenvalue weighted by Gasteiger charge is 2.56. The Kier molecular flexibility index (Phi) is 7.21. The number of aliphatic hydroxyl groups excluding tert-OH is 2. The quantitative estimate of drug-likeness (QED) is 0.597. The van der Waals surface area contributed by atoms with Crippen molar-refractivity contribution in [2.45, 2.75) is 36.6 Å². The second-order valence-corrected chi connectivity index (χ2v) is 12.4. The van der Waals surface area contributed by atoms with E-state index in [2.05, 4.69) is 0 Å². The number of thioether (sulfide) groups is 3. The Bertz CT molecular complexity index is 601. The van der Waals surface area contributed by atoms with Crippen molar-refractivity contribution in [3.63, 3.8) is 0 Å². The fraction of sp³-hybridized carbons (Fsp3) is 0.952. The van der Waals surface area contributed by atoms with Crippen molar-refractivity contribution in [1.82, 2.24) is 0 Å². The summed E-state index contributed by atoms with van der Waals surface area (Å²) >= 11 is 5.20. The van der Waals surface area contributed by atoms with Crippen LogP contribution in [0.5, 0.6) is 0 Å². The van der Waals surface area contributed by atoms with E-state index in [1.165, 1.54) is 0 Å². The lowest BCUT2D eigenvalue weighted by molar-refractivity contribution is -0.221. The van der Waals surface area contributed by atoms with Gasteiger partial charge in [0.25, 0.3) is 0 Å². The van der Waals surface area contributed by atoms with Gasteiger partial charge >= 0.3 is 0 Å². The summed E-state index contributed by atoms with van der Waals surface area (Å²) in [5.74, 6) is 1.33. The van der Waals surface area contributed by atoms with Gasteiger partial charge in [-0.15, -0.1) is 0 Å². The number of carbonyl (C=O) groups is 1. The van der Waals surface area contributed by atoms with Crippen LogP contribution in [0.15, 0.2) is 0 Å². The van der Waals surface area contributed by atoms with Gasteiger partial charge in [-0.1, -0.05) is 0 Å². The van der Waals surface area contributed by atoms with Crippen molar-refractivity contribution in [2.75, 3.05) is 60.9 Å². The highest BCUT2D eigenvalue weighted by atomic mass is 32.2. The molecule has 0 amide bonds. The van der Waals surface area contributed by atoms with E-state index in [4.69, 9.17) is 18.9 Å². The minimum atomic E-state index is -0.838. The van der Waals surface area contributed by atoms with Gasteiger partial charge in [-0.25, -0.2) is 0 Å². The summed E-state index contributed by atoms with van der Waals surface area (Å²) in [6, 6.07) is 0. The lowest BCUT2D eigenvalue weighted by atomic mass is 9.76. The first-order valence-electron chi connectivity index (χ1n) is 11.3. The Labute approximate surface area is 196 Å². The van der Waals surface area contributed by atoms with Crippen LogP contribution in [0.2, 0.25) is 0 Å². The van der Waals surface area contributed by atoms with Gasteiger partial charge < -0.3 is 29.2 Å². The monoisotopic (exact) mass is 492 g/mol. The molecule has 5 heterocycles. The van der Waals surface area contributed by atoms with Gasteiger partial charge in [0.05, 0.1) is 50.5 Å². The zero-order chi connectivity index (χ0) is 21.5. The third kappa shape index (κ3) is 4.23. The Morgan fingerprint density at radius 3 is 1.55 bits per heavy atom. The van der Waals surface area contributed by atoms with Gasteiger partial charge in [0.2, 0.25) is 0 Å². The summed E-state index contributed by atoms with van der Waals surface area (Å²) in [4.78, 5) is 13.6. The largest absolute Gasteiger partial charge is 0.392 e. The normalized spacial score (nSPS) is 39.7. The van der Waals surface area contributed by atoms with E-state index < -0.39 is 35.6 Å². The summed E-state index contributed by atoms with van der Waals surface area (Å²) in [7, 11) is 0. The van der Waals surface area contributed by atoms with Crippen LogP contribution in [0, 0.1) is 23.7 Å². The van der Waals surface area contributed by atoms with Crippen LogP contribution in [0.1, 0.15) is 12.8 Å². The fourth-order valence-corrected chi connectivity index (χ4v) is 9.67. The lowest BCUT2D eigenvalue weighted by Crippen LogP contribution is -2.57. The molecule has 0 saturated carbocycles. The summed E-state index contributed by atoms with van der Waals surface area (Å²) in [6.07, 6.45) is -0.212. The molecule has 0 bridgehead atoms. The van der Waals surface area contributed by atoms with Crippen molar-refractivity contribution in [3.05, 3.63) is 0 Å². The summed E-state index contributed by atoms with van der Waals surface area (Å²) in [5, 5.41) is 22.7. The topological polar surface area (TPSA) is 94.5 Å². The molecule has 31 heavy (non-hydrogen) atoms. The van der Waals surface area contributed by atoms with E-state index in [9.17, 15) is 15.0 Å². The van der Waals surface area contributed by atoms with Gasteiger partial charge in [-0.05, 0) is 11.5 Å². The van der Waals surface area contributed by atoms with Gasteiger partial charge in [-0.3, -0.25) is 4.79 Å². The molecule has 0 aromatic carbocycles. The molecular weight excluding hydrogens is 460 g/mol. The predicted molar refractivity (Wildman–Crippen MR) is 121 cm³/mol. The second-order valence-electron chi connectivity index (χ2n) is 9.01. The third-order valence-electron chi connectivity index (χ3n) is 7.44. The molecule has 0 radical (unpaired) electrons. The second kappa shape index (κ2) is 9.62. The SMILES string of the molecule is O=C1[C@H]([C@H](O)[C@H]2CSCCC23OCCO3)CSC[C@H]1[C@H](O)[C@H]1CSCCC12OCCO2. The number of ketones is 1. The van der Waals surface area contributed by atoms with E-state index in [0.29, 0.717) is 49.4 Å². The van der Waals surface area contributed by atoms with Gasteiger partial charge in [-0.2, -0.15) is 35.3 Å². The Hall–Kier alpha value is 0.480. The van der Waals surface area contributed by atoms with Crippen LogP contribution in [0.4, 0.5) is 0 Å². The third-order valence-corrected chi connectivity index (χ3v) is 10.8. The van der Waals surface area contributed by atoms with Crippen LogP contribution in [-0.2, 0) is 23.7 Å². The maximum Gasteiger partial charge on any atom is 0.175 e. The van der Waals surface area contributed by atoms with Crippen LogP contribution < -0.4 is 0 Å². The molecule has 5 fully saturated rings. The van der Waals surface area contributed by atoms with Crippen LogP contribution in [-0.4, -0.2) is 101 Å². The fourth-order valence-electron chi connectivity index (χ4n) is 5.71. The molecule has 7 nitrogen and oxygen atoms in total. The minimum Gasteiger partial charge on any atom is -0.392 e. The summed E-state index contributed by atoms with van der Waals surface area (Å²) < 4.78 is 23.9. The molecule has 0 aromatic rings. The van der Waals surface area contributed by atoms with Crippen molar-refractivity contribution in [1.29, 1.82) is 0 Å². The average molecular weight is 493 g/mol. The molecule has 5 saturated heterocycles. The number of ether oxygens (including phenoxy) is 4. The number of rotatable bonds is 4. The maximum atomic E-state index is 13.6. The Morgan fingerprint density at radius 1 is 0.710 bits per heavy atom. The Balaban J connectivity index is 1.32. The Morgan fingerprint density at radius 2 is 1.13 bits per heavy atom. The highest BCUT2D eigenvalue weighted by Crippen LogP contribution is 2.46. The molecular formula is C21H32O7S3. The molecule has 176 valence electrons. The average Bonchev–Trinajstić information content (AvgIpc) is 3.44. The molecule has 6 atom stereocenters. The molecule has 2 spiro atoms. The molecule has 5 rings (SSSR count). The molecule has 5 aliphatic heterocycles. The molecule has 0 aliphatic carbocycles. The van der Waals surface area contributed by atoms with E-state index in [1.807, 2.05) is 0 Å². The van der Waals surface area contributed by atoms with Crippen LogP contribution >= 0.6 is 35.3 Å². The summed E-state index contributed by atoms with van der Waals surface area (Å²) in [6.45, 7) is 2.13. The van der Waals surface area contributed by atoms with E-state index in [-0.39, 0.29) is 17.6 Å². The summed E-state index contributed by atoms with van der Waals surface area (Å²) in [5.41, 5.74) is 0. The zero-order valence-electron chi connectivity index (χ0n) is 17.6. The molecule has 5 aliphatic rings. The zero-order valence-corrected chi connectivity index (χ0v) is 20.1. The molecule has 10 heteroatoms. The number of carbonyl (C=O) groups excluding carboxylic acids is 1. The van der Waals surface area contributed by atoms with Gasteiger partial charge in [0.1, 0.15) is 5.78 Å². The van der Waals surface area contributed by atoms with Gasteiger partial charge in [0.15, 0.2) is 11.6 Å². The van der Waals surface area contributed by atoms with Crippen molar-refractivity contribution in [2.24, 2.45) is 23.7 Å². The minimum absolute atomic E-state index is 0.0359. The standard InChI is InChI=1S/C21H32O7S3/c22-17-13(18(23)15-11-29-7-1-20(15)25-3-4-26-20)9-31-10-14(17)19(24)16-12-30-8-2-21(16)27-5-6-28-21/h13-16,18-19,23-24H,1-12H2/t13-,14-,15-,16-,18+,19+/m1/s1. The first kappa shape index (κ1) is 23.2. The van der Waals surface area contributed by atoms with Crippen LogP contribution in [0.3, 0.4) is 0 Å². The number of hydrogen-bond acceptors (Lipinski definition) is 10. The first-order chi connectivity index (χ1) is 15.1. The molecule has 0 unspecified atom stereocenters. The van der Waals surface area contributed by atoms with Crippen molar-refractivity contribution < 1.29 is 34.0 Å². The first-order valence-corrected chi connectivity index (χ1v) is 14.7. The van der Waals surface area contributed by atoms with Gasteiger partial charge in [0, 0.05) is 47.7 Å². The van der Waals surface area contributed by atoms with Crippen molar-refractivity contribution >= 4 is 41.1 Å². The lowest BCUT2D eigenvalue weighted by Gasteiger charge is -2.46. The smallest absolute Gasteiger partial charge is 0.175 e. The number of hydrogen-bond donors (Lipinski definition) is 2. The number of aliphatic hydroxyl groups is 2. The van der Waals surface area contributed by atoms with E-state index >= 15 is 0 Å². The van der Waals surface area contributed by atoms with E-state index in [0.717, 1.165) is 24.3 Å². The van der Waals surface area contributed by atoms with E-state index in [1.54, 1.807) is 35.3 Å². The molecule has 0 aromatic heterocycles. The number of Topliss-reactive ketones (excluding diaryl/α,β-unsaturated/α-hetero) is 1. The highest BCUT2D eigenvalue weighted by molar-refractivity contribution is 7.99. The predicted octanol–water partition coefficient (Wildman–Crippen LogP) is 1.25. The van der Waals surface area contributed by atoms with Crippen LogP contribution in [0.25, 0.3) is 0 Å². The molecule has 2 N–H and O–H groups in total. The maximum absolute atomic E-state index is 13.6. The van der Waals surface area contributed by atoms with Crippen molar-refractivity contribution in [3.8, 4) is 0 Å².